The molecule has 108 valence electrons. The molecule has 0 aromatic heterocycles. The van der Waals surface area contributed by atoms with Gasteiger partial charge in [0, 0.05) is 25.9 Å². The number of hydrogen-bond donors (Lipinski definition) is 1. The number of carbonyl (C=O) groups is 2. The van der Waals surface area contributed by atoms with Crippen LogP contribution < -0.4 is 5.32 Å². The molecule has 0 atom stereocenters. The highest BCUT2D eigenvalue weighted by molar-refractivity contribution is 5.91. The van der Waals surface area contributed by atoms with Gasteiger partial charge in [-0.05, 0) is 29.7 Å². The van der Waals surface area contributed by atoms with E-state index < -0.39 is 0 Å². The maximum atomic E-state index is 11.5. The van der Waals surface area contributed by atoms with Crippen molar-refractivity contribution in [3.05, 3.63) is 29.3 Å². The smallest absolute Gasteiger partial charge is 0.409 e. The van der Waals surface area contributed by atoms with E-state index in [1.807, 2.05) is 18.2 Å². The SMILES string of the molecule is COCC(=O)Nc1ccc2c(c1)CN(C(=O)OC)CC2. The lowest BCUT2D eigenvalue weighted by atomic mass is 9.99. The largest absolute Gasteiger partial charge is 0.453 e. The Morgan fingerprint density at radius 2 is 2.10 bits per heavy atom. The van der Waals surface area contributed by atoms with Crippen LogP contribution in [0.25, 0.3) is 0 Å². The van der Waals surface area contributed by atoms with Crippen LogP contribution in [0, 0.1) is 0 Å². The van der Waals surface area contributed by atoms with Crippen molar-refractivity contribution in [2.45, 2.75) is 13.0 Å². The van der Waals surface area contributed by atoms with E-state index in [1.165, 1.54) is 19.8 Å². The number of benzene rings is 1. The molecule has 1 aromatic rings. The van der Waals surface area contributed by atoms with E-state index in [9.17, 15) is 9.59 Å². The predicted octanol–water partition coefficient (Wildman–Crippen LogP) is 1.40. The maximum Gasteiger partial charge on any atom is 0.409 e. The summed E-state index contributed by atoms with van der Waals surface area (Å²) < 4.78 is 9.50. The minimum Gasteiger partial charge on any atom is -0.453 e. The molecular formula is C14H18N2O4. The Labute approximate surface area is 117 Å². The van der Waals surface area contributed by atoms with Crippen LogP contribution in [0.3, 0.4) is 0 Å². The summed E-state index contributed by atoms with van der Waals surface area (Å²) in [5, 5.41) is 2.75. The number of methoxy groups -OCH3 is 2. The Bertz CT molecular complexity index is 516. The van der Waals surface area contributed by atoms with E-state index in [2.05, 4.69) is 5.32 Å². The van der Waals surface area contributed by atoms with Crippen molar-refractivity contribution >= 4 is 17.7 Å². The number of fused-ring (bicyclic) bond motifs is 1. The minimum absolute atomic E-state index is 0.0192. The summed E-state index contributed by atoms with van der Waals surface area (Å²) in [4.78, 5) is 24.7. The first-order valence-electron chi connectivity index (χ1n) is 6.37. The fourth-order valence-corrected chi connectivity index (χ4v) is 2.25. The second-order valence-electron chi connectivity index (χ2n) is 4.61. The number of ether oxygens (including phenoxy) is 2. The predicted molar refractivity (Wildman–Crippen MR) is 73.5 cm³/mol. The van der Waals surface area contributed by atoms with Crippen LogP contribution in [0.4, 0.5) is 10.5 Å². The summed E-state index contributed by atoms with van der Waals surface area (Å²) in [5.41, 5.74) is 2.92. The van der Waals surface area contributed by atoms with Gasteiger partial charge in [0.1, 0.15) is 6.61 Å². The number of hydrogen-bond acceptors (Lipinski definition) is 4. The molecule has 1 aliphatic heterocycles. The molecule has 0 bridgehead atoms. The second-order valence-corrected chi connectivity index (χ2v) is 4.61. The molecule has 20 heavy (non-hydrogen) atoms. The molecule has 1 aromatic carbocycles. The monoisotopic (exact) mass is 278 g/mol. The van der Waals surface area contributed by atoms with Gasteiger partial charge in [0.2, 0.25) is 5.91 Å². The standard InChI is InChI=1S/C14H18N2O4/c1-19-9-13(17)15-12-4-3-10-5-6-16(14(18)20-2)8-11(10)7-12/h3-4,7H,5-6,8-9H2,1-2H3,(H,15,17). The molecule has 1 N–H and O–H groups in total. The molecule has 2 rings (SSSR count). The normalized spacial score (nSPS) is 13.6. The Hall–Kier alpha value is -2.08. The number of nitrogens with one attached hydrogen (secondary N) is 1. The van der Waals surface area contributed by atoms with Crippen molar-refractivity contribution in [2.24, 2.45) is 0 Å². The Morgan fingerprint density at radius 3 is 2.80 bits per heavy atom. The van der Waals surface area contributed by atoms with Crippen molar-refractivity contribution in [3.63, 3.8) is 0 Å². The molecule has 0 saturated carbocycles. The molecule has 0 radical (unpaired) electrons. The van der Waals surface area contributed by atoms with Crippen LogP contribution in [0.15, 0.2) is 18.2 Å². The molecule has 1 heterocycles. The first-order valence-corrected chi connectivity index (χ1v) is 6.37. The van der Waals surface area contributed by atoms with Gasteiger partial charge in [0.15, 0.2) is 0 Å². The number of rotatable bonds is 3. The van der Waals surface area contributed by atoms with E-state index in [0.29, 0.717) is 18.8 Å². The number of nitrogens with zero attached hydrogens (tertiary/aromatic N) is 1. The highest BCUT2D eigenvalue weighted by Gasteiger charge is 2.21. The molecular weight excluding hydrogens is 260 g/mol. The van der Waals surface area contributed by atoms with Gasteiger partial charge < -0.3 is 19.7 Å². The number of anilines is 1. The Morgan fingerprint density at radius 1 is 1.30 bits per heavy atom. The van der Waals surface area contributed by atoms with Gasteiger partial charge in [-0.15, -0.1) is 0 Å². The fourth-order valence-electron chi connectivity index (χ4n) is 2.25. The van der Waals surface area contributed by atoms with Crippen LogP contribution in [-0.2, 0) is 27.2 Å². The maximum absolute atomic E-state index is 11.5. The average molecular weight is 278 g/mol. The molecule has 0 fully saturated rings. The molecule has 1 aliphatic rings. The van der Waals surface area contributed by atoms with Gasteiger partial charge in [-0.25, -0.2) is 4.79 Å². The molecule has 6 heteroatoms. The van der Waals surface area contributed by atoms with E-state index in [0.717, 1.165) is 12.0 Å². The highest BCUT2D eigenvalue weighted by atomic mass is 16.5. The molecule has 0 aliphatic carbocycles. The molecule has 2 amide bonds. The van der Waals surface area contributed by atoms with Crippen LogP contribution in [0.5, 0.6) is 0 Å². The molecule has 0 spiro atoms. The summed E-state index contributed by atoms with van der Waals surface area (Å²) in [6, 6.07) is 5.73. The second kappa shape index (κ2) is 6.38. The fraction of sp³-hybridized carbons (Fsp3) is 0.429. The van der Waals surface area contributed by atoms with Crippen molar-refractivity contribution in [1.82, 2.24) is 4.90 Å². The van der Waals surface area contributed by atoms with Gasteiger partial charge in [0.25, 0.3) is 0 Å². The number of carbonyl (C=O) groups excluding carboxylic acids is 2. The lowest BCUT2D eigenvalue weighted by molar-refractivity contribution is -0.119. The zero-order valence-electron chi connectivity index (χ0n) is 11.6. The van der Waals surface area contributed by atoms with Gasteiger partial charge >= 0.3 is 6.09 Å². The van der Waals surface area contributed by atoms with Crippen molar-refractivity contribution in [1.29, 1.82) is 0 Å². The molecule has 0 saturated heterocycles. The zero-order chi connectivity index (χ0) is 14.5. The van der Waals surface area contributed by atoms with E-state index in [4.69, 9.17) is 9.47 Å². The van der Waals surface area contributed by atoms with Gasteiger partial charge in [-0.2, -0.15) is 0 Å². The number of amides is 2. The first-order chi connectivity index (χ1) is 9.63. The summed E-state index contributed by atoms with van der Waals surface area (Å²) in [6.45, 7) is 1.16. The van der Waals surface area contributed by atoms with Crippen LogP contribution in [0.2, 0.25) is 0 Å². The van der Waals surface area contributed by atoms with E-state index in [-0.39, 0.29) is 18.6 Å². The van der Waals surface area contributed by atoms with Crippen molar-refractivity contribution in [2.75, 3.05) is 32.7 Å². The van der Waals surface area contributed by atoms with Crippen molar-refractivity contribution < 1.29 is 19.1 Å². The first kappa shape index (κ1) is 14.3. The van der Waals surface area contributed by atoms with Crippen LogP contribution in [0.1, 0.15) is 11.1 Å². The summed E-state index contributed by atoms with van der Waals surface area (Å²) >= 11 is 0. The van der Waals surface area contributed by atoms with Gasteiger partial charge in [0.05, 0.1) is 7.11 Å². The zero-order valence-corrected chi connectivity index (χ0v) is 11.6. The third-order valence-corrected chi connectivity index (χ3v) is 3.21. The highest BCUT2D eigenvalue weighted by Crippen LogP contribution is 2.23. The lowest BCUT2D eigenvalue weighted by Crippen LogP contribution is -2.35. The molecule has 0 unspecified atom stereocenters. The summed E-state index contributed by atoms with van der Waals surface area (Å²) in [5.74, 6) is -0.201. The van der Waals surface area contributed by atoms with E-state index in [1.54, 1.807) is 4.90 Å². The lowest BCUT2D eigenvalue weighted by Gasteiger charge is -2.28. The third-order valence-electron chi connectivity index (χ3n) is 3.21. The van der Waals surface area contributed by atoms with E-state index >= 15 is 0 Å². The summed E-state index contributed by atoms with van der Waals surface area (Å²) in [7, 11) is 2.85. The third kappa shape index (κ3) is 3.27. The quantitative estimate of drug-likeness (QED) is 0.907. The van der Waals surface area contributed by atoms with Crippen molar-refractivity contribution in [3.8, 4) is 0 Å². The molecule has 6 nitrogen and oxygen atoms in total. The Kier molecular flexibility index (Phi) is 4.57. The summed E-state index contributed by atoms with van der Waals surface area (Å²) in [6.07, 6.45) is 0.459. The topological polar surface area (TPSA) is 67.9 Å². The average Bonchev–Trinajstić information content (AvgIpc) is 2.45. The van der Waals surface area contributed by atoms with Gasteiger partial charge in [-0.1, -0.05) is 6.07 Å². The Balaban J connectivity index is 2.10. The van der Waals surface area contributed by atoms with Gasteiger partial charge in [-0.3, -0.25) is 4.79 Å². The minimum atomic E-state index is -0.329. The van der Waals surface area contributed by atoms with Crippen LogP contribution >= 0.6 is 0 Å². The van der Waals surface area contributed by atoms with Crippen LogP contribution in [-0.4, -0.2) is 44.3 Å².